The summed E-state index contributed by atoms with van der Waals surface area (Å²) in [4.78, 5) is 12.4. The van der Waals surface area contributed by atoms with Gasteiger partial charge in [0.25, 0.3) is 0 Å². The minimum atomic E-state index is -0.867. The van der Waals surface area contributed by atoms with Crippen molar-refractivity contribution in [3.05, 3.63) is 85.1 Å². The summed E-state index contributed by atoms with van der Waals surface area (Å²) in [6.07, 6.45) is 64.0. The van der Waals surface area contributed by atoms with Crippen LogP contribution in [0.3, 0.4) is 0 Å². The maximum atomic E-state index is 12.4. The smallest absolute Gasteiger partial charge is 0.220 e. The van der Waals surface area contributed by atoms with Gasteiger partial charge >= 0.3 is 0 Å². The Morgan fingerprint density at radius 2 is 0.849 bits per heavy atom. The first-order valence-corrected chi connectivity index (χ1v) is 22.3. The van der Waals surface area contributed by atoms with Crippen molar-refractivity contribution in [2.75, 3.05) is 6.61 Å². The molecule has 0 heterocycles. The van der Waals surface area contributed by atoms with Crippen LogP contribution in [0.1, 0.15) is 200 Å². The van der Waals surface area contributed by atoms with E-state index in [0.29, 0.717) is 6.42 Å². The molecule has 0 aliphatic rings. The molecule has 0 aromatic rings. The Balaban J connectivity index is 3.61. The van der Waals surface area contributed by atoms with Gasteiger partial charge < -0.3 is 15.5 Å². The third kappa shape index (κ3) is 40.6. The Kier molecular flexibility index (Phi) is 42.0. The number of hydrogen-bond donors (Lipinski definition) is 3. The molecular formula is C49H85NO3. The Bertz CT molecular complexity index is 972. The van der Waals surface area contributed by atoms with E-state index < -0.39 is 12.1 Å². The van der Waals surface area contributed by atoms with E-state index in [0.717, 1.165) is 64.2 Å². The van der Waals surface area contributed by atoms with Crippen molar-refractivity contribution in [1.82, 2.24) is 5.32 Å². The van der Waals surface area contributed by atoms with Gasteiger partial charge in [0, 0.05) is 6.42 Å². The highest BCUT2D eigenvalue weighted by Crippen LogP contribution is 2.14. The molecule has 0 aliphatic heterocycles. The van der Waals surface area contributed by atoms with Gasteiger partial charge in [-0.25, -0.2) is 0 Å². The molecule has 2 atom stereocenters. The van der Waals surface area contributed by atoms with Crippen molar-refractivity contribution < 1.29 is 15.0 Å². The number of aliphatic hydroxyl groups is 2. The molecule has 0 saturated carbocycles. The molecule has 4 nitrogen and oxygen atoms in total. The topological polar surface area (TPSA) is 69.6 Å². The lowest BCUT2D eigenvalue weighted by Gasteiger charge is -2.19. The van der Waals surface area contributed by atoms with Crippen LogP contribution in [-0.2, 0) is 4.79 Å². The van der Waals surface area contributed by atoms with Crippen LogP contribution in [0, 0.1) is 0 Å². The molecule has 0 saturated heterocycles. The number of aliphatic hydroxyl groups excluding tert-OH is 2. The average molecular weight is 736 g/mol. The second-order valence-electron chi connectivity index (χ2n) is 14.7. The van der Waals surface area contributed by atoms with Crippen LogP contribution >= 0.6 is 0 Å². The monoisotopic (exact) mass is 736 g/mol. The van der Waals surface area contributed by atoms with Crippen molar-refractivity contribution in [1.29, 1.82) is 0 Å². The van der Waals surface area contributed by atoms with Gasteiger partial charge in [0.15, 0.2) is 0 Å². The van der Waals surface area contributed by atoms with E-state index in [1.165, 1.54) is 116 Å². The summed E-state index contributed by atoms with van der Waals surface area (Å²) < 4.78 is 0. The van der Waals surface area contributed by atoms with E-state index in [1.54, 1.807) is 6.08 Å². The lowest BCUT2D eigenvalue weighted by atomic mass is 10.0. The molecule has 0 radical (unpaired) electrons. The molecule has 0 aromatic carbocycles. The number of rotatable bonds is 39. The SMILES string of the molecule is CC/C=C\C/C=C\C/C=C\C/C=C\C/C=C\CCCCCCCCCCCCCC(=O)NC(CO)C(O)/C=C/CC/C=C/CCCCCCCCCC. The quantitative estimate of drug-likeness (QED) is 0.0435. The van der Waals surface area contributed by atoms with E-state index in [2.05, 4.69) is 92.1 Å². The summed E-state index contributed by atoms with van der Waals surface area (Å²) in [5.41, 5.74) is 0. The fourth-order valence-electron chi connectivity index (χ4n) is 6.22. The first-order chi connectivity index (χ1) is 26.2. The second kappa shape index (κ2) is 44.0. The number of allylic oxidation sites excluding steroid dienone is 13. The van der Waals surface area contributed by atoms with Gasteiger partial charge in [0.2, 0.25) is 5.91 Å². The average Bonchev–Trinajstić information content (AvgIpc) is 3.16. The predicted octanol–water partition coefficient (Wildman–Crippen LogP) is 14.1. The third-order valence-electron chi connectivity index (χ3n) is 9.61. The molecule has 3 N–H and O–H groups in total. The fourth-order valence-corrected chi connectivity index (χ4v) is 6.22. The van der Waals surface area contributed by atoms with Gasteiger partial charge in [0.05, 0.1) is 18.8 Å². The Morgan fingerprint density at radius 3 is 1.32 bits per heavy atom. The summed E-state index contributed by atoms with van der Waals surface area (Å²) >= 11 is 0. The molecule has 1 amide bonds. The van der Waals surface area contributed by atoms with E-state index in [1.807, 2.05) is 6.08 Å². The first kappa shape index (κ1) is 50.6. The van der Waals surface area contributed by atoms with Crippen molar-refractivity contribution in [2.24, 2.45) is 0 Å². The Morgan fingerprint density at radius 1 is 0.472 bits per heavy atom. The van der Waals surface area contributed by atoms with Gasteiger partial charge in [-0.1, -0.05) is 202 Å². The minimum absolute atomic E-state index is 0.0817. The number of carbonyl (C=O) groups excluding carboxylic acids is 1. The third-order valence-corrected chi connectivity index (χ3v) is 9.61. The van der Waals surface area contributed by atoms with Crippen molar-refractivity contribution in [2.45, 2.75) is 212 Å². The van der Waals surface area contributed by atoms with Crippen LogP contribution in [0.4, 0.5) is 0 Å². The number of unbranched alkanes of at least 4 members (excludes halogenated alkanes) is 20. The van der Waals surface area contributed by atoms with Gasteiger partial charge in [-0.05, 0) is 77.0 Å². The maximum Gasteiger partial charge on any atom is 0.220 e. The summed E-state index contributed by atoms with van der Waals surface area (Å²) in [7, 11) is 0. The lowest BCUT2D eigenvalue weighted by molar-refractivity contribution is -0.123. The van der Waals surface area contributed by atoms with Crippen LogP contribution in [0.5, 0.6) is 0 Å². The zero-order chi connectivity index (χ0) is 38.6. The van der Waals surface area contributed by atoms with Crippen LogP contribution < -0.4 is 5.32 Å². The summed E-state index contributed by atoms with van der Waals surface area (Å²) in [5.74, 6) is -0.0817. The molecular weight excluding hydrogens is 651 g/mol. The normalized spacial score (nSPS) is 13.8. The molecule has 0 bridgehead atoms. The van der Waals surface area contributed by atoms with Crippen LogP contribution in [0.15, 0.2) is 85.1 Å². The van der Waals surface area contributed by atoms with Gasteiger partial charge in [0.1, 0.15) is 0 Å². The van der Waals surface area contributed by atoms with Gasteiger partial charge in [-0.15, -0.1) is 0 Å². The highest BCUT2D eigenvalue weighted by Gasteiger charge is 2.17. The van der Waals surface area contributed by atoms with Crippen LogP contribution in [0.25, 0.3) is 0 Å². The highest BCUT2D eigenvalue weighted by molar-refractivity contribution is 5.76. The van der Waals surface area contributed by atoms with Gasteiger partial charge in [-0.2, -0.15) is 0 Å². The number of hydrogen-bond acceptors (Lipinski definition) is 3. The van der Waals surface area contributed by atoms with E-state index in [9.17, 15) is 15.0 Å². The zero-order valence-corrected chi connectivity index (χ0v) is 34.8. The maximum absolute atomic E-state index is 12.4. The molecule has 0 fully saturated rings. The second-order valence-corrected chi connectivity index (χ2v) is 14.7. The first-order valence-electron chi connectivity index (χ1n) is 22.3. The molecule has 2 unspecified atom stereocenters. The minimum Gasteiger partial charge on any atom is -0.394 e. The molecule has 4 heteroatoms. The number of nitrogens with one attached hydrogen (secondary N) is 1. The molecule has 0 aromatic heterocycles. The number of amides is 1. The fraction of sp³-hybridized carbons (Fsp3) is 0.694. The lowest BCUT2D eigenvalue weighted by Crippen LogP contribution is -2.45. The molecule has 0 rings (SSSR count). The van der Waals surface area contributed by atoms with E-state index in [4.69, 9.17) is 0 Å². The Labute approximate surface area is 329 Å². The summed E-state index contributed by atoms with van der Waals surface area (Å²) in [6, 6.07) is -0.644. The van der Waals surface area contributed by atoms with Crippen molar-refractivity contribution in [3.8, 4) is 0 Å². The molecule has 53 heavy (non-hydrogen) atoms. The molecule has 304 valence electrons. The zero-order valence-electron chi connectivity index (χ0n) is 34.8. The summed E-state index contributed by atoms with van der Waals surface area (Å²) in [6.45, 7) is 4.16. The van der Waals surface area contributed by atoms with Crippen molar-refractivity contribution in [3.63, 3.8) is 0 Å². The van der Waals surface area contributed by atoms with E-state index >= 15 is 0 Å². The summed E-state index contributed by atoms with van der Waals surface area (Å²) in [5, 5.41) is 23.0. The van der Waals surface area contributed by atoms with Crippen LogP contribution in [-0.4, -0.2) is 34.9 Å². The largest absolute Gasteiger partial charge is 0.394 e. The van der Waals surface area contributed by atoms with Gasteiger partial charge in [-0.3, -0.25) is 4.79 Å². The van der Waals surface area contributed by atoms with E-state index in [-0.39, 0.29) is 12.5 Å². The van der Waals surface area contributed by atoms with Crippen LogP contribution in [0.2, 0.25) is 0 Å². The molecule has 0 aliphatic carbocycles. The Hall–Kier alpha value is -2.43. The predicted molar refractivity (Wildman–Crippen MR) is 234 cm³/mol. The standard InChI is InChI=1S/C49H85NO3/c1-3-5-7-9-11-13-15-17-19-20-21-22-23-24-25-26-27-28-29-30-31-33-35-37-39-41-43-45-49(53)50-47(46-51)48(52)44-42-40-38-36-34-32-18-16-14-12-10-8-6-4-2/h5,7,11,13,17,19,21-22,24-25,34,36,42,44,47-48,51-52H,3-4,6,8-10,12,14-16,18,20,23,26-33,35,37-41,43,45-46H2,1-2H3,(H,50,53)/b7-5-,13-11-,19-17-,22-21-,25-24-,36-34+,44-42+. The van der Waals surface area contributed by atoms with Crippen molar-refractivity contribution >= 4 is 5.91 Å². The highest BCUT2D eigenvalue weighted by atomic mass is 16.3. The number of carbonyl (C=O) groups is 1. The molecule has 0 spiro atoms.